The van der Waals surface area contributed by atoms with E-state index in [-0.39, 0.29) is 12.6 Å². The molecule has 3 N–H and O–H groups in total. The van der Waals surface area contributed by atoms with Crippen molar-refractivity contribution in [2.24, 2.45) is 11.3 Å². The van der Waals surface area contributed by atoms with Gasteiger partial charge in [-0.1, -0.05) is 6.92 Å². The Morgan fingerprint density at radius 1 is 1.38 bits per heavy atom. The van der Waals surface area contributed by atoms with Crippen LogP contribution < -0.4 is 5.32 Å². The lowest BCUT2D eigenvalue weighted by atomic mass is 9.71. The molecule has 21 heavy (non-hydrogen) atoms. The molecule has 1 unspecified atom stereocenters. The number of carboxylic acid groups (broad SMARTS) is 1. The third-order valence-corrected chi connectivity index (χ3v) is 4.49. The molecule has 0 aromatic rings. The fraction of sp³-hybridized carbons (Fsp3) is 0.867. The number of carbonyl (C=O) groups excluding carboxylic acids is 1. The van der Waals surface area contributed by atoms with E-state index in [9.17, 15) is 19.8 Å². The minimum Gasteiger partial charge on any atom is -0.481 e. The highest BCUT2D eigenvalue weighted by atomic mass is 16.4. The van der Waals surface area contributed by atoms with Crippen LogP contribution in [0, 0.1) is 11.3 Å². The van der Waals surface area contributed by atoms with Gasteiger partial charge in [0.2, 0.25) is 0 Å². The zero-order valence-corrected chi connectivity index (χ0v) is 13.3. The van der Waals surface area contributed by atoms with Crippen molar-refractivity contribution < 1.29 is 19.8 Å². The fourth-order valence-electron chi connectivity index (χ4n) is 2.64. The molecule has 2 amide bonds. The summed E-state index contributed by atoms with van der Waals surface area (Å²) in [5.41, 5.74) is -0.826. The van der Waals surface area contributed by atoms with E-state index < -0.39 is 17.5 Å². The molecule has 0 spiro atoms. The summed E-state index contributed by atoms with van der Waals surface area (Å²) in [6.07, 6.45) is 3.05. The van der Waals surface area contributed by atoms with Gasteiger partial charge in [-0.05, 0) is 44.9 Å². The lowest BCUT2D eigenvalue weighted by molar-refractivity contribution is -0.151. The van der Waals surface area contributed by atoms with E-state index in [2.05, 4.69) is 12.2 Å². The van der Waals surface area contributed by atoms with Gasteiger partial charge in [0.15, 0.2) is 0 Å². The van der Waals surface area contributed by atoms with Crippen molar-refractivity contribution in [3.63, 3.8) is 0 Å². The number of amides is 2. The number of aliphatic carboxylic acids is 1. The fourth-order valence-corrected chi connectivity index (χ4v) is 2.64. The highest BCUT2D eigenvalue weighted by Crippen LogP contribution is 2.38. The van der Waals surface area contributed by atoms with Crippen LogP contribution in [0.15, 0.2) is 0 Å². The number of carbonyl (C=O) groups is 2. The Bertz CT molecular complexity index is 363. The van der Waals surface area contributed by atoms with Crippen LogP contribution in [-0.2, 0) is 4.79 Å². The van der Waals surface area contributed by atoms with Gasteiger partial charge in [-0.3, -0.25) is 4.79 Å². The number of aliphatic hydroxyl groups is 1. The third kappa shape index (κ3) is 5.19. The first-order chi connectivity index (χ1) is 9.77. The summed E-state index contributed by atoms with van der Waals surface area (Å²) < 4.78 is 0. The van der Waals surface area contributed by atoms with Crippen LogP contribution in [0.1, 0.15) is 46.0 Å². The maximum atomic E-state index is 12.0. The van der Waals surface area contributed by atoms with Gasteiger partial charge in [-0.15, -0.1) is 0 Å². The van der Waals surface area contributed by atoms with Gasteiger partial charge in [0.1, 0.15) is 0 Å². The van der Waals surface area contributed by atoms with E-state index in [1.165, 1.54) is 4.90 Å². The molecule has 0 saturated heterocycles. The summed E-state index contributed by atoms with van der Waals surface area (Å²) in [4.78, 5) is 25.0. The Hall–Kier alpha value is -1.30. The second kappa shape index (κ2) is 7.64. The van der Waals surface area contributed by atoms with Crippen molar-refractivity contribution in [3.8, 4) is 0 Å². The number of urea groups is 1. The number of nitrogens with zero attached hydrogens (tertiary/aromatic N) is 1. The number of hydrogen-bond donors (Lipinski definition) is 3. The average Bonchev–Trinajstić information content (AvgIpc) is 2.43. The zero-order valence-electron chi connectivity index (χ0n) is 13.3. The molecule has 122 valence electrons. The first kappa shape index (κ1) is 17.8. The quantitative estimate of drug-likeness (QED) is 0.696. The van der Waals surface area contributed by atoms with Crippen LogP contribution in [0.5, 0.6) is 0 Å². The number of aliphatic hydroxyl groups excluding tert-OH is 1. The van der Waals surface area contributed by atoms with E-state index in [1.54, 1.807) is 14.0 Å². The first-order valence-electron chi connectivity index (χ1n) is 7.67. The van der Waals surface area contributed by atoms with Crippen molar-refractivity contribution in [2.45, 2.75) is 52.1 Å². The minimum absolute atomic E-state index is 0.174. The molecule has 0 bridgehead atoms. The maximum absolute atomic E-state index is 12.0. The standard InChI is InChI=1S/C15H28N2O4/c1-11-4-7-15(8-5-11,13(19)20)10-16-14(21)17(3)9-6-12(2)18/h11-12,18H,4-10H2,1-3H3,(H,16,21)(H,19,20). The molecule has 0 aromatic heterocycles. The van der Waals surface area contributed by atoms with E-state index in [0.29, 0.717) is 31.7 Å². The molecule has 0 heterocycles. The van der Waals surface area contributed by atoms with Crippen LogP contribution in [0.4, 0.5) is 4.79 Å². The number of hydrogen-bond acceptors (Lipinski definition) is 3. The number of carboxylic acids is 1. The summed E-state index contributed by atoms with van der Waals surface area (Å²) in [6, 6.07) is -0.283. The highest BCUT2D eigenvalue weighted by molar-refractivity contribution is 5.78. The van der Waals surface area contributed by atoms with E-state index in [1.807, 2.05) is 0 Å². The molecular weight excluding hydrogens is 272 g/mol. The van der Waals surface area contributed by atoms with Crippen molar-refractivity contribution >= 4 is 12.0 Å². The van der Waals surface area contributed by atoms with Gasteiger partial charge < -0.3 is 20.4 Å². The molecule has 0 aromatic carbocycles. The molecule has 1 saturated carbocycles. The Labute approximate surface area is 126 Å². The Morgan fingerprint density at radius 2 is 1.95 bits per heavy atom. The summed E-state index contributed by atoms with van der Waals surface area (Å²) in [5.74, 6) is -0.261. The molecule has 0 aliphatic heterocycles. The van der Waals surface area contributed by atoms with Crippen LogP contribution in [0.2, 0.25) is 0 Å². The topological polar surface area (TPSA) is 89.9 Å². The lowest BCUT2D eigenvalue weighted by Crippen LogP contribution is -2.48. The molecule has 1 atom stereocenters. The van der Waals surface area contributed by atoms with Gasteiger partial charge >= 0.3 is 12.0 Å². The van der Waals surface area contributed by atoms with E-state index in [4.69, 9.17) is 0 Å². The Morgan fingerprint density at radius 3 is 2.43 bits per heavy atom. The van der Waals surface area contributed by atoms with Crippen molar-refractivity contribution in [1.82, 2.24) is 10.2 Å². The van der Waals surface area contributed by atoms with Gasteiger partial charge in [-0.2, -0.15) is 0 Å². The Kier molecular flexibility index (Phi) is 6.45. The van der Waals surface area contributed by atoms with Crippen molar-refractivity contribution in [2.75, 3.05) is 20.1 Å². The van der Waals surface area contributed by atoms with Gasteiger partial charge in [0.25, 0.3) is 0 Å². The molecule has 1 aliphatic carbocycles. The Balaban J connectivity index is 2.50. The maximum Gasteiger partial charge on any atom is 0.317 e. The molecule has 1 rings (SSSR count). The minimum atomic E-state index is -0.826. The van der Waals surface area contributed by atoms with Gasteiger partial charge in [-0.25, -0.2) is 4.79 Å². The molecule has 0 radical (unpaired) electrons. The molecule has 6 nitrogen and oxygen atoms in total. The summed E-state index contributed by atoms with van der Waals surface area (Å²) in [5, 5.41) is 21.5. The van der Waals surface area contributed by atoms with Crippen LogP contribution in [-0.4, -0.2) is 53.4 Å². The SMILES string of the molecule is CC(O)CCN(C)C(=O)NCC1(C(=O)O)CCC(C)CC1. The molecule has 6 heteroatoms. The van der Waals surface area contributed by atoms with Crippen LogP contribution in [0.25, 0.3) is 0 Å². The largest absolute Gasteiger partial charge is 0.481 e. The van der Waals surface area contributed by atoms with Gasteiger partial charge in [0, 0.05) is 20.1 Å². The molecule has 1 fully saturated rings. The predicted molar refractivity (Wildman–Crippen MR) is 80.0 cm³/mol. The molecular formula is C15H28N2O4. The summed E-state index contributed by atoms with van der Waals surface area (Å²) >= 11 is 0. The average molecular weight is 300 g/mol. The summed E-state index contributed by atoms with van der Waals surface area (Å²) in [7, 11) is 1.65. The summed E-state index contributed by atoms with van der Waals surface area (Å²) in [6.45, 7) is 4.43. The normalized spacial score (nSPS) is 27.0. The van der Waals surface area contributed by atoms with Gasteiger partial charge in [0.05, 0.1) is 11.5 Å². The van der Waals surface area contributed by atoms with E-state index in [0.717, 1.165) is 12.8 Å². The van der Waals surface area contributed by atoms with E-state index >= 15 is 0 Å². The second-order valence-corrected chi connectivity index (χ2v) is 6.49. The second-order valence-electron chi connectivity index (χ2n) is 6.49. The number of nitrogens with one attached hydrogen (secondary N) is 1. The predicted octanol–water partition coefficient (Wildman–Crippen LogP) is 1.68. The molecule has 1 aliphatic rings. The first-order valence-corrected chi connectivity index (χ1v) is 7.67. The zero-order chi connectivity index (χ0) is 16.0. The highest BCUT2D eigenvalue weighted by Gasteiger charge is 2.41. The van der Waals surface area contributed by atoms with Crippen LogP contribution >= 0.6 is 0 Å². The van der Waals surface area contributed by atoms with Crippen LogP contribution in [0.3, 0.4) is 0 Å². The monoisotopic (exact) mass is 300 g/mol. The number of rotatable bonds is 6. The third-order valence-electron chi connectivity index (χ3n) is 4.49. The smallest absolute Gasteiger partial charge is 0.317 e. The van der Waals surface area contributed by atoms with Crippen molar-refractivity contribution in [1.29, 1.82) is 0 Å². The lowest BCUT2D eigenvalue weighted by Gasteiger charge is -2.36. The van der Waals surface area contributed by atoms with Crippen molar-refractivity contribution in [3.05, 3.63) is 0 Å².